The van der Waals surface area contributed by atoms with Crippen molar-refractivity contribution in [3.05, 3.63) is 36.5 Å². The number of anilines is 1. The summed E-state index contributed by atoms with van der Waals surface area (Å²) >= 11 is 0. The van der Waals surface area contributed by atoms with Crippen LogP contribution >= 0.6 is 0 Å². The van der Waals surface area contributed by atoms with Crippen LogP contribution in [0.15, 0.2) is 36.5 Å². The van der Waals surface area contributed by atoms with Crippen molar-refractivity contribution in [2.24, 2.45) is 0 Å². The molecule has 0 radical (unpaired) electrons. The van der Waals surface area contributed by atoms with Gasteiger partial charge in [-0.1, -0.05) is 25.7 Å². The van der Waals surface area contributed by atoms with Gasteiger partial charge in [0.1, 0.15) is 35.3 Å². The molecular formula is C31H44FN5O6Si. The Hall–Kier alpha value is -3.84. The van der Waals surface area contributed by atoms with E-state index in [1.54, 1.807) is 41.1 Å². The summed E-state index contributed by atoms with van der Waals surface area (Å²) in [5.74, 6) is 1.57. The van der Waals surface area contributed by atoms with Gasteiger partial charge in [-0.05, 0) is 51.1 Å². The first-order valence-electron chi connectivity index (χ1n) is 14.6. The molecule has 3 amide bonds. The maximum Gasteiger partial charge on any atom is 0.410 e. The highest BCUT2D eigenvalue weighted by Gasteiger charge is 2.47. The molecule has 1 aliphatic rings. The Balaban J connectivity index is 1.50. The fourth-order valence-corrected chi connectivity index (χ4v) is 5.55. The largest absolute Gasteiger partial charge is 0.496 e. The molecule has 2 aromatic heterocycles. The van der Waals surface area contributed by atoms with Gasteiger partial charge >= 0.3 is 12.1 Å². The van der Waals surface area contributed by atoms with Crippen LogP contribution in [0.3, 0.4) is 0 Å². The van der Waals surface area contributed by atoms with Gasteiger partial charge in [0.05, 0.1) is 39.4 Å². The van der Waals surface area contributed by atoms with Crippen LogP contribution < -0.4 is 20.1 Å². The zero-order valence-electron chi connectivity index (χ0n) is 26.9. The van der Waals surface area contributed by atoms with Crippen LogP contribution in [0.2, 0.25) is 25.7 Å². The number of benzene rings is 1. The Labute approximate surface area is 259 Å². The predicted molar refractivity (Wildman–Crippen MR) is 171 cm³/mol. The van der Waals surface area contributed by atoms with Crippen molar-refractivity contribution >= 4 is 37.0 Å². The van der Waals surface area contributed by atoms with Gasteiger partial charge in [-0.2, -0.15) is 0 Å². The lowest BCUT2D eigenvalue weighted by Crippen LogP contribution is -2.65. The van der Waals surface area contributed by atoms with E-state index < -0.39 is 31.5 Å². The van der Waals surface area contributed by atoms with E-state index in [0.717, 1.165) is 22.6 Å². The highest BCUT2D eigenvalue weighted by molar-refractivity contribution is 6.76. The molecule has 240 valence electrons. The van der Waals surface area contributed by atoms with E-state index in [-0.39, 0.29) is 32.2 Å². The fourth-order valence-electron chi connectivity index (χ4n) is 4.79. The lowest BCUT2D eigenvalue weighted by atomic mass is 9.97. The van der Waals surface area contributed by atoms with E-state index >= 15 is 4.39 Å². The topological polar surface area (TPSA) is 116 Å². The molecule has 3 heterocycles. The Bertz CT molecular complexity index is 1470. The maximum atomic E-state index is 15.1. The van der Waals surface area contributed by atoms with Crippen LogP contribution in [0.5, 0.6) is 11.5 Å². The van der Waals surface area contributed by atoms with Gasteiger partial charge in [0.15, 0.2) is 5.67 Å². The first kappa shape index (κ1) is 33.1. The highest BCUT2D eigenvalue weighted by Crippen LogP contribution is 2.42. The minimum Gasteiger partial charge on any atom is -0.496 e. The van der Waals surface area contributed by atoms with Crippen LogP contribution in [0.25, 0.3) is 22.2 Å². The second-order valence-corrected chi connectivity index (χ2v) is 18.9. The van der Waals surface area contributed by atoms with E-state index in [9.17, 15) is 9.59 Å². The second-order valence-electron chi connectivity index (χ2n) is 13.3. The van der Waals surface area contributed by atoms with E-state index in [1.165, 1.54) is 4.90 Å². The average molecular weight is 630 g/mol. The zero-order chi connectivity index (χ0) is 32.3. The number of carbonyl (C=O) groups is 2. The number of pyridine rings is 1. The Morgan fingerprint density at radius 1 is 1.07 bits per heavy atom. The molecule has 2 N–H and O–H groups in total. The van der Waals surface area contributed by atoms with Crippen molar-refractivity contribution in [2.45, 2.75) is 64.5 Å². The summed E-state index contributed by atoms with van der Waals surface area (Å²) in [5, 5.41) is 6.07. The van der Waals surface area contributed by atoms with Crippen molar-refractivity contribution in [1.82, 2.24) is 19.8 Å². The number of nitrogens with zero attached hydrogens (tertiary/aromatic N) is 3. The van der Waals surface area contributed by atoms with Gasteiger partial charge in [0, 0.05) is 31.8 Å². The fraction of sp³-hybridized carbons (Fsp3) is 0.516. The summed E-state index contributed by atoms with van der Waals surface area (Å²) in [6, 6.07) is 9.55. The van der Waals surface area contributed by atoms with Crippen molar-refractivity contribution in [3.8, 4) is 22.6 Å². The summed E-state index contributed by atoms with van der Waals surface area (Å²) in [6.45, 7) is 12.4. The molecule has 0 atom stereocenters. The van der Waals surface area contributed by atoms with Crippen molar-refractivity contribution in [3.63, 3.8) is 0 Å². The summed E-state index contributed by atoms with van der Waals surface area (Å²) in [5.41, 5.74) is -0.204. The molecular weight excluding hydrogens is 585 g/mol. The summed E-state index contributed by atoms with van der Waals surface area (Å²) < 4.78 is 39.6. The van der Waals surface area contributed by atoms with Crippen LogP contribution in [0.4, 0.5) is 19.8 Å². The molecule has 44 heavy (non-hydrogen) atoms. The third-order valence-corrected chi connectivity index (χ3v) is 8.76. The van der Waals surface area contributed by atoms with Gasteiger partial charge in [0.25, 0.3) is 0 Å². The van der Waals surface area contributed by atoms with Gasteiger partial charge in [0.2, 0.25) is 0 Å². The number of likely N-dealkylation sites (tertiary alicyclic amines) is 1. The molecule has 3 aromatic rings. The molecule has 0 unspecified atom stereocenters. The number of rotatable bonds is 11. The van der Waals surface area contributed by atoms with Gasteiger partial charge in [-0.3, -0.25) is 5.32 Å². The van der Waals surface area contributed by atoms with Gasteiger partial charge in [-0.25, -0.2) is 19.0 Å². The van der Waals surface area contributed by atoms with Crippen LogP contribution in [0.1, 0.15) is 20.8 Å². The molecule has 1 aromatic carbocycles. The lowest BCUT2D eigenvalue weighted by Gasteiger charge is -2.44. The molecule has 13 heteroatoms. The molecule has 0 saturated carbocycles. The Morgan fingerprint density at radius 2 is 1.73 bits per heavy atom. The average Bonchev–Trinajstić information content (AvgIpc) is 3.28. The first-order chi connectivity index (χ1) is 20.6. The third-order valence-electron chi connectivity index (χ3n) is 7.05. The zero-order valence-corrected chi connectivity index (χ0v) is 27.9. The number of nitrogens with one attached hydrogen (secondary N) is 2. The highest BCUT2D eigenvalue weighted by atomic mass is 28.3. The number of halogens is 1. The number of methoxy groups -OCH3 is 2. The van der Waals surface area contributed by atoms with Crippen LogP contribution in [0, 0.1) is 0 Å². The normalized spacial score (nSPS) is 14.6. The Morgan fingerprint density at radius 3 is 2.32 bits per heavy atom. The monoisotopic (exact) mass is 629 g/mol. The molecule has 11 nitrogen and oxygen atoms in total. The number of ether oxygens (including phenoxy) is 4. The maximum absolute atomic E-state index is 15.1. The van der Waals surface area contributed by atoms with E-state index in [0.29, 0.717) is 23.8 Å². The molecule has 4 rings (SSSR count). The van der Waals surface area contributed by atoms with Crippen LogP contribution in [-0.2, 0) is 16.2 Å². The molecule has 1 aliphatic heterocycles. The van der Waals surface area contributed by atoms with Crippen molar-refractivity contribution in [2.75, 3.05) is 45.8 Å². The number of hydrogen-bond acceptors (Lipinski definition) is 7. The number of alkyl halides is 1. The minimum absolute atomic E-state index is 0.160. The summed E-state index contributed by atoms with van der Waals surface area (Å²) in [6.07, 6.45) is 1.36. The standard InChI is InChI=1S/C31H44FN5O6Si/c1-30(2,3)43-29(39)37-18-31(32,19-37)17-33-28(38)35-25-13-12-21-22(26-23(40-4)10-9-11-24(26)41-5)16-36(27(21)34-25)20-42-14-15-44(6,7)8/h9-13,16H,14-15,17-20H2,1-8H3,(H2,33,34,35,38). The number of fused-ring (bicyclic) bond motifs is 1. The number of hydrogen-bond donors (Lipinski definition) is 2. The van der Waals surface area contributed by atoms with Crippen molar-refractivity contribution in [1.29, 1.82) is 0 Å². The van der Waals surface area contributed by atoms with Crippen LogP contribution in [-0.4, -0.2) is 86.4 Å². The van der Waals surface area contributed by atoms with E-state index in [1.807, 2.05) is 35.0 Å². The lowest BCUT2D eigenvalue weighted by molar-refractivity contribution is -0.0483. The molecule has 1 fully saturated rings. The van der Waals surface area contributed by atoms with Gasteiger partial charge < -0.3 is 33.7 Å². The summed E-state index contributed by atoms with van der Waals surface area (Å²) in [7, 11) is 1.94. The second kappa shape index (κ2) is 13.0. The van der Waals surface area contributed by atoms with Gasteiger partial charge in [-0.15, -0.1) is 0 Å². The van der Waals surface area contributed by atoms with Crippen molar-refractivity contribution < 1.29 is 32.9 Å². The third kappa shape index (κ3) is 8.20. The molecule has 0 bridgehead atoms. The summed E-state index contributed by atoms with van der Waals surface area (Å²) in [4.78, 5) is 30.9. The molecule has 0 aliphatic carbocycles. The molecule has 0 spiro atoms. The SMILES string of the molecule is COc1cccc(OC)c1-c1cn(COCC[Si](C)(C)C)c2nc(NC(=O)NCC3(F)CN(C(=O)OC(C)(C)C)C3)ccc12. The smallest absolute Gasteiger partial charge is 0.410 e. The first-order valence-corrected chi connectivity index (χ1v) is 18.3. The number of urea groups is 1. The number of aromatic nitrogens is 2. The minimum atomic E-state index is -1.74. The number of carbonyl (C=O) groups excluding carboxylic acids is 2. The quantitative estimate of drug-likeness (QED) is 0.194. The van der Waals surface area contributed by atoms with E-state index in [2.05, 4.69) is 30.3 Å². The Kier molecular flexibility index (Phi) is 9.79. The predicted octanol–water partition coefficient (Wildman–Crippen LogP) is 6.11. The van der Waals surface area contributed by atoms with E-state index in [4.69, 9.17) is 23.9 Å². The number of amides is 3. The molecule has 1 saturated heterocycles.